The van der Waals surface area contributed by atoms with Crippen LogP contribution in [0.2, 0.25) is 0 Å². The predicted octanol–water partition coefficient (Wildman–Crippen LogP) is 4.80. The van der Waals surface area contributed by atoms with Crippen molar-refractivity contribution in [3.63, 3.8) is 0 Å². The molecule has 0 bridgehead atoms. The summed E-state index contributed by atoms with van der Waals surface area (Å²) in [7, 11) is 0. The van der Waals surface area contributed by atoms with Crippen LogP contribution in [0.5, 0.6) is 0 Å². The fourth-order valence-electron chi connectivity index (χ4n) is 3.36. The summed E-state index contributed by atoms with van der Waals surface area (Å²) >= 11 is 1.62. The first kappa shape index (κ1) is 21.0. The summed E-state index contributed by atoms with van der Waals surface area (Å²) in [5, 5.41) is 1.12. The molecule has 30 heavy (non-hydrogen) atoms. The topological polar surface area (TPSA) is 47.0 Å². The highest BCUT2D eigenvalue weighted by atomic mass is 32.1. The molecule has 4 heterocycles. The van der Waals surface area contributed by atoms with E-state index in [1.807, 2.05) is 24.4 Å². The second-order valence-electron chi connectivity index (χ2n) is 7.44. The van der Waals surface area contributed by atoms with Crippen LogP contribution in [0.25, 0.3) is 16.8 Å². The van der Waals surface area contributed by atoms with Gasteiger partial charge in [-0.3, -0.25) is 9.98 Å². The molecule has 2 aliphatic heterocycles. The number of morpholine rings is 1. The van der Waals surface area contributed by atoms with Crippen LogP contribution in [0.3, 0.4) is 0 Å². The lowest BCUT2D eigenvalue weighted by atomic mass is 10.00. The molecular weight excluding hydrogens is 415 g/mol. The molecule has 160 valence electrons. The lowest BCUT2D eigenvalue weighted by Gasteiger charge is -2.28. The molecule has 5 nitrogen and oxygen atoms in total. The highest BCUT2D eigenvalue weighted by Gasteiger charge is 2.34. The second kappa shape index (κ2) is 8.49. The number of aliphatic imine (C=N–C) groups is 1. The first-order valence-corrected chi connectivity index (χ1v) is 10.5. The van der Waals surface area contributed by atoms with Gasteiger partial charge in [0.15, 0.2) is 0 Å². The Morgan fingerprint density at radius 3 is 2.73 bits per heavy atom. The van der Waals surface area contributed by atoms with Crippen molar-refractivity contribution < 1.29 is 22.6 Å². The van der Waals surface area contributed by atoms with Gasteiger partial charge < -0.3 is 14.4 Å². The van der Waals surface area contributed by atoms with Crippen LogP contribution < -0.4 is 4.90 Å². The van der Waals surface area contributed by atoms with Gasteiger partial charge in [-0.2, -0.15) is 13.2 Å². The van der Waals surface area contributed by atoms with E-state index in [4.69, 9.17) is 9.47 Å². The highest BCUT2D eigenvalue weighted by molar-refractivity contribution is 7.17. The molecule has 0 amide bonds. The van der Waals surface area contributed by atoms with Gasteiger partial charge in [-0.05, 0) is 19.1 Å². The molecule has 0 spiro atoms. The molecule has 2 aromatic heterocycles. The summed E-state index contributed by atoms with van der Waals surface area (Å²) < 4.78 is 48.1. The normalized spacial score (nSPS) is 22.3. The maximum absolute atomic E-state index is 12.5. The van der Waals surface area contributed by atoms with Gasteiger partial charge in [-0.15, -0.1) is 11.3 Å². The van der Waals surface area contributed by atoms with Crippen LogP contribution in [0.1, 0.15) is 18.2 Å². The lowest BCUT2D eigenvalue weighted by Crippen LogP contribution is -2.36. The molecule has 4 rings (SSSR count). The van der Waals surface area contributed by atoms with E-state index in [0.29, 0.717) is 19.6 Å². The van der Waals surface area contributed by atoms with Gasteiger partial charge in [0.1, 0.15) is 12.2 Å². The van der Waals surface area contributed by atoms with E-state index in [1.165, 1.54) is 6.21 Å². The Morgan fingerprint density at radius 1 is 1.30 bits per heavy atom. The number of nitrogens with zero attached hydrogens (tertiary/aromatic N) is 3. The molecule has 2 aliphatic rings. The number of pyridine rings is 1. The molecule has 1 fully saturated rings. The van der Waals surface area contributed by atoms with Crippen LogP contribution >= 0.6 is 11.3 Å². The minimum atomic E-state index is -4.36. The minimum Gasteiger partial charge on any atom is -0.378 e. The largest absolute Gasteiger partial charge is 0.411 e. The van der Waals surface area contributed by atoms with E-state index >= 15 is 0 Å². The molecule has 0 radical (unpaired) electrons. The molecular formula is C21H22F3N3O2S. The molecule has 2 aromatic rings. The van der Waals surface area contributed by atoms with E-state index in [-0.39, 0.29) is 0 Å². The van der Waals surface area contributed by atoms with Gasteiger partial charge in [-0.25, -0.2) is 0 Å². The maximum Gasteiger partial charge on any atom is 0.411 e. The quantitative estimate of drug-likeness (QED) is 0.674. The van der Waals surface area contributed by atoms with Crippen molar-refractivity contribution >= 4 is 28.2 Å². The fraction of sp³-hybridized carbons (Fsp3) is 0.429. The van der Waals surface area contributed by atoms with Gasteiger partial charge in [0.2, 0.25) is 0 Å². The van der Waals surface area contributed by atoms with Crippen molar-refractivity contribution in [2.24, 2.45) is 4.99 Å². The molecule has 1 unspecified atom stereocenters. The standard InChI is InChI=1S/C21H22F3N3O2S/c1-20(29-14-21(22,23)24)5-4-17(26-13-20)18-11-16(15-3-2-6-25-12-15)19(30-18)27-7-9-28-10-8-27/h2-4,6,11-13H,5,7-10,14H2,1H3. The zero-order chi connectivity index (χ0) is 21.2. The number of aromatic nitrogens is 1. The molecule has 0 aliphatic carbocycles. The number of anilines is 1. The Bertz CT molecular complexity index is 937. The highest BCUT2D eigenvalue weighted by Crippen LogP contribution is 2.43. The third-order valence-corrected chi connectivity index (χ3v) is 6.20. The van der Waals surface area contributed by atoms with E-state index in [2.05, 4.69) is 20.9 Å². The monoisotopic (exact) mass is 437 g/mol. The Hall–Kier alpha value is -2.23. The van der Waals surface area contributed by atoms with Crippen molar-refractivity contribution in [2.45, 2.75) is 25.1 Å². The Labute approximate surface area is 176 Å². The summed E-state index contributed by atoms with van der Waals surface area (Å²) in [6.45, 7) is 3.29. The van der Waals surface area contributed by atoms with Crippen molar-refractivity contribution in [1.82, 2.24) is 4.98 Å². The van der Waals surface area contributed by atoms with Gasteiger partial charge in [0.25, 0.3) is 0 Å². The van der Waals surface area contributed by atoms with Crippen molar-refractivity contribution in [3.8, 4) is 11.1 Å². The van der Waals surface area contributed by atoms with E-state index in [9.17, 15) is 13.2 Å². The first-order chi connectivity index (χ1) is 14.3. The van der Waals surface area contributed by atoms with Gasteiger partial charge in [0, 0.05) is 49.2 Å². The summed E-state index contributed by atoms with van der Waals surface area (Å²) in [6.07, 6.45) is 2.86. The van der Waals surface area contributed by atoms with Crippen molar-refractivity contribution in [2.75, 3.05) is 37.8 Å². The summed E-state index contributed by atoms with van der Waals surface area (Å²) in [5.41, 5.74) is 1.77. The number of ether oxygens (including phenoxy) is 2. The average Bonchev–Trinajstić information content (AvgIpc) is 3.19. The van der Waals surface area contributed by atoms with E-state index in [0.717, 1.165) is 39.8 Å². The minimum absolute atomic E-state index is 0.328. The number of alkyl halides is 3. The molecule has 0 aromatic carbocycles. The van der Waals surface area contributed by atoms with Crippen LogP contribution in [0, 0.1) is 0 Å². The number of halogens is 3. The molecule has 1 saturated heterocycles. The van der Waals surface area contributed by atoms with Crippen LogP contribution in [0.4, 0.5) is 18.2 Å². The fourth-order valence-corrected chi connectivity index (χ4v) is 4.58. The predicted molar refractivity (Wildman–Crippen MR) is 112 cm³/mol. The van der Waals surface area contributed by atoms with Gasteiger partial charge >= 0.3 is 6.18 Å². The number of hydrogen-bond donors (Lipinski definition) is 0. The third-order valence-electron chi connectivity index (χ3n) is 4.98. The Kier molecular flexibility index (Phi) is 5.95. The van der Waals surface area contributed by atoms with Gasteiger partial charge in [-0.1, -0.05) is 12.1 Å². The molecule has 9 heteroatoms. The van der Waals surface area contributed by atoms with E-state index in [1.54, 1.807) is 24.5 Å². The number of thiophene rings is 1. The Balaban J connectivity index is 1.59. The number of rotatable bonds is 5. The van der Waals surface area contributed by atoms with Crippen LogP contribution in [-0.4, -0.2) is 55.9 Å². The van der Waals surface area contributed by atoms with Crippen molar-refractivity contribution in [3.05, 3.63) is 41.5 Å². The smallest absolute Gasteiger partial charge is 0.378 e. The first-order valence-electron chi connectivity index (χ1n) is 9.66. The SMILES string of the molecule is CC1(OCC(F)(F)F)C=NC(c2cc(-c3cccnc3)c(N3CCOCC3)s2)=CC1. The summed E-state index contributed by atoms with van der Waals surface area (Å²) in [4.78, 5) is 11.9. The zero-order valence-corrected chi connectivity index (χ0v) is 17.3. The van der Waals surface area contributed by atoms with Crippen LogP contribution in [-0.2, 0) is 9.47 Å². The van der Waals surface area contributed by atoms with Crippen molar-refractivity contribution in [1.29, 1.82) is 0 Å². The Morgan fingerprint density at radius 2 is 2.10 bits per heavy atom. The lowest BCUT2D eigenvalue weighted by molar-refractivity contribution is -0.190. The molecule has 0 N–H and O–H groups in total. The summed E-state index contributed by atoms with van der Waals surface area (Å²) in [5.74, 6) is 0. The number of hydrogen-bond acceptors (Lipinski definition) is 6. The molecule has 0 saturated carbocycles. The van der Waals surface area contributed by atoms with Crippen LogP contribution in [0.15, 0.2) is 41.7 Å². The average molecular weight is 437 g/mol. The maximum atomic E-state index is 12.5. The van der Waals surface area contributed by atoms with Gasteiger partial charge in [0.05, 0.1) is 28.8 Å². The third kappa shape index (κ3) is 4.91. The summed E-state index contributed by atoms with van der Waals surface area (Å²) in [6, 6.07) is 6.00. The second-order valence-corrected chi connectivity index (χ2v) is 8.47. The zero-order valence-electron chi connectivity index (χ0n) is 16.5. The van der Waals surface area contributed by atoms with E-state index < -0.39 is 18.4 Å². The molecule has 1 atom stereocenters.